The van der Waals surface area contributed by atoms with E-state index in [-0.39, 0.29) is 5.82 Å². The van der Waals surface area contributed by atoms with Crippen molar-refractivity contribution in [2.45, 2.75) is 26.6 Å². The van der Waals surface area contributed by atoms with Gasteiger partial charge in [-0.1, -0.05) is 42.0 Å². The van der Waals surface area contributed by atoms with E-state index in [1.165, 1.54) is 39.9 Å². The zero-order chi connectivity index (χ0) is 25.4. The summed E-state index contributed by atoms with van der Waals surface area (Å²) < 4.78 is 15.5. The summed E-state index contributed by atoms with van der Waals surface area (Å²) in [4.78, 5) is 11.4. The van der Waals surface area contributed by atoms with Crippen molar-refractivity contribution in [3.8, 4) is 33.5 Å². The number of benzene rings is 3. The first-order valence-corrected chi connectivity index (χ1v) is 12.5. The van der Waals surface area contributed by atoms with E-state index in [1.54, 1.807) is 12.1 Å². The van der Waals surface area contributed by atoms with E-state index >= 15 is 0 Å². The molecule has 3 heterocycles. The third-order valence-electron chi connectivity index (χ3n) is 7.05. The van der Waals surface area contributed by atoms with Crippen LogP contribution in [0, 0.1) is 12.7 Å². The fourth-order valence-electron chi connectivity index (χ4n) is 5.06. The van der Waals surface area contributed by atoms with Crippen molar-refractivity contribution in [2.75, 3.05) is 12.3 Å². The molecule has 184 valence electrons. The Kier molecular flexibility index (Phi) is 6.02. The Bertz CT molecular complexity index is 1540. The number of rotatable bonds is 5. The minimum Gasteiger partial charge on any atom is -0.383 e. The smallest absolute Gasteiger partial charge is 0.131 e. The number of nitrogens with two attached hydrogens (primary N) is 1. The first-order chi connectivity index (χ1) is 18.0. The van der Waals surface area contributed by atoms with E-state index in [9.17, 15) is 4.39 Å². The van der Waals surface area contributed by atoms with Gasteiger partial charge in [0, 0.05) is 37.6 Å². The third-order valence-corrected chi connectivity index (χ3v) is 7.05. The number of imidazole rings is 1. The molecule has 5 nitrogen and oxygen atoms in total. The SMILES string of the molecule is Cc1ccc(-c2cc(CN3CCn4c(nc(-c5ccc(F)cc5)c4N)C3)ccc2-c2ccncc2)cc1. The largest absolute Gasteiger partial charge is 0.383 e. The van der Waals surface area contributed by atoms with Crippen LogP contribution in [0.1, 0.15) is 17.0 Å². The van der Waals surface area contributed by atoms with Gasteiger partial charge in [-0.15, -0.1) is 0 Å². The number of anilines is 1. The quantitative estimate of drug-likeness (QED) is 0.314. The van der Waals surface area contributed by atoms with Crippen LogP contribution in [0.3, 0.4) is 0 Å². The van der Waals surface area contributed by atoms with Crippen LogP contribution >= 0.6 is 0 Å². The summed E-state index contributed by atoms with van der Waals surface area (Å²) in [5.74, 6) is 1.32. The van der Waals surface area contributed by atoms with Gasteiger partial charge < -0.3 is 10.3 Å². The Morgan fingerprint density at radius 1 is 0.811 bits per heavy atom. The Morgan fingerprint density at radius 3 is 2.27 bits per heavy atom. The van der Waals surface area contributed by atoms with Gasteiger partial charge in [-0.2, -0.15) is 0 Å². The molecule has 6 heteroatoms. The number of nitrogens with zero attached hydrogens (tertiary/aromatic N) is 4. The van der Waals surface area contributed by atoms with Gasteiger partial charge in [0.2, 0.25) is 0 Å². The first kappa shape index (κ1) is 23.1. The summed E-state index contributed by atoms with van der Waals surface area (Å²) in [7, 11) is 0. The van der Waals surface area contributed by atoms with E-state index in [1.807, 2.05) is 12.4 Å². The van der Waals surface area contributed by atoms with Gasteiger partial charge >= 0.3 is 0 Å². The Morgan fingerprint density at radius 2 is 1.51 bits per heavy atom. The first-order valence-electron chi connectivity index (χ1n) is 12.5. The minimum absolute atomic E-state index is 0.266. The van der Waals surface area contributed by atoms with Crippen LogP contribution in [0.4, 0.5) is 10.2 Å². The summed E-state index contributed by atoms with van der Waals surface area (Å²) in [5, 5.41) is 0. The van der Waals surface area contributed by atoms with Gasteiger partial charge in [-0.05, 0) is 77.2 Å². The lowest BCUT2D eigenvalue weighted by molar-refractivity contribution is 0.210. The molecule has 2 N–H and O–H groups in total. The predicted octanol–water partition coefficient (Wildman–Crippen LogP) is 6.32. The number of halogens is 1. The molecule has 5 aromatic rings. The lowest BCUT2D eigenvalue weighted by atomic mass is 9.92. The fourth-order valence-corrected chi connectivity index (χ4v) is 5.06. The van der Waals surface area contributed by atoms with Crippen molar-refractivity contribution in [3.63, 3.8) is 0 Å². The summed E-state index contributed by atoms with van der Waals surface area (Å²) in [6.07, 6.45) is 3.67. The van der Waals surface area contributed by atoms with E-state index < -0.39 is 0 Å². The Hall–Kier alpha value is -4.29. The highest BCUT2D eigenvalue weighted by molar-refractivity contribution is 5.83. The second-order valence-electron chi connectivity index (χ2n) is 9.61. The summed E-state index contributed by atoms with van der Waals surface area (Å²) in [6.45, 7) is 5.28. The van der Waals surface area contributed by atoms with E-state index in [0.717, 1.165) is 42.3 Å². The van der Waals surface area contributed by atoms with E-state index in [0.29, 0.717) is 12.4 Å². The van der Waals surface area contributed by atoms with Crippen LogP contribution in [-0.2, 0) is 19.6 Å². The molecule has 0 fully saturated rings. The van der Waals surface area contributed by atoms with Gasteiger partial charge in [-0.25, -0.2) is 9.37 Å². The summed E-state index contributed by atoms with van der Waals surface area (Å²) in [5.41, 5.74) is 15.3. The maximum atomic E-state index is 13.4. The molecular formula is C31H28FN5. The van der Waals surface area contributed by atoms with Gasteiger partial charge in [0.05, 0.1) is 6.54 Å². The maximum Gasteiger partial charge on any atom is 0.131 e. The zero-order valence-electron chi connectivity index (χ0n) is 20.7. The maximum absolute atomic E-state index is 13.4. The van der Waals surface area contributed by atoms with Crippen molar-refractivity contribution in [2.24, 2.45) is 0 Å². The van der Waals surface area contributed by atoms with Crippen molar-refractivity contribution >= 4 is 5.82 Å². The van der Waals surface area contributed by atoms with Crippen LogP contribution < -0.4 is 5.73 Å². The molecule has 0 aliphatic carbocycles. The molecule has 1 aliphatic rings. The topological polar surface area (TPSA) is 60.0 Å². The Labute approximate surface area is 216 Å². The van der Waals surface area contributed by atoms with Gasteiger partial charge in [0.1, 0.15) is 23.2 Å². The molecule has 0 saturated heterocycles. The number of fused-ring (bicyclic) bond motifs is 1. The summed E-state index contributed by atoms with van der Waals surface area (Å²) in [6, 6.07) is 25.9. The number of nitrogen functional groups attached to an aromatic ring is 1. The monoisotopic (exact) mass is 489 g/mol. The molecule has 37 heavy (non-hydrogen) atoms. The predicted molar refractivity (Wildman–Crippen MR) is 146 cm³/mol. The molecule has 0 atom stereocenters. The van der Waals surface area contributed by atoms with Gasteiger partial charge in [-0.3, -0.25) is 9.88 Å². The van der Waals surface area contributed by atoms with Crippen LogP contribution in [0.5, 0.6) is 0 Å². The highest BCUT2D eigenvalue weighted by atomic mass is 19.1. The lowest BCUT2D eigenvalue weighted by Crippen LogP contribution is -2.33. The molecule has 0 radical (unpaired) electrons. The molecular weight excluding hydrogens is 461 g/mol. The van der Waals surface area contributed by atoms with Gasteiger partial charge in [0.25, 0.3) is 0 Å². The summed E-state index contributed by atoms with van der Waals surface area (Å²) >= 11 is 0. The highest BCUT2D eigenvalue weighted by Gasteiger charge is 2.23. The minimum atomic E-state index is -0.266. The van der Waals surface area contributed by atoms with Crippen LogP contribution in [0.25, 0.3) is 33.5 Å². The van der Waals surface area contributed by atoms with E-state index in [2.05, 4.69) is 76.0 Å². The average Bonchev–Trinajstić information content (AvgIpc) is 3.25. The van der Waals surface area contributed by atoms with Crippen LogP contribution in [0.15, 0.2) is 91.3 Å². The second-order valence-corrected chi connectivity index (χ2v) is 9.61. The van der Waals surface area contributed by atoms with E-state index in [4.69, 9.17) is 10.7 Å². The van der Waals surface area contributed by atoms with Crippen molar-refractivity contribution in [1.29, 1.82) is 0 Å². The standard InChI is InChI=1S/C31H28FN5/c1-21-2-5-23(6-3-21)28-18-22(4-11-27(28)24-12-14-34-15-13-24)19-36-16-17-37-29(20-36)35-30(31(37)33)25-7-9-26(32)10-8-25/h2-15,18H,16-17,19-20,33H2,1H3. The fraction of sp³-hybridized carbons (Fsp3) is 0.161. The van der Waals surface area contributed by atoms with Gasteiger partial charge in [0.15, 0.2) is 0 Å². The molecule has 0 saturated carbocycles. The molecule has 2 aromatic heterocycles. The van der Waals surface area contributed by atoms with Crippen molar-refractivity contribution in [3.05, 3.63) is 114 Å². The molecule has 6 rings (SSSR count). The number of aromatic nitrogens is 3. The Balaban J connectivity index is 1.28. The van der Waals surface area contributed by atoms with Crippen molar-refractivity contribution in [1.82, 2.24) is 19.4 Å². The van der Waals surface area contributed by atoms with Crippen LogP contribution in [-0.4, -0.2) is 26.0 Å². The molecule has 0 bridgehead atoms. The number of hydrogen-bond acceptors (Lipinski definition) is 4. The average molecular weight is 490 g/mol. The number of aryl methyl sites for hydroxylation is 1. The lowest BCUT2D eigenvalue weighted by Gasteiger charge is -2.28. The van der Waals surface area contributed by atoms with Crippen LogP contribution in [0.2, 0.25) is 0 Å². The molecule has 1 aliphatic heterocycles. The van der Waals surface area contributed by atoms with Crippen molar-refractivity contribution < 1.29 is 4.39 Å². The number of hydrogen-bond donors (Lipinski definition) is 1. The third kappa shape index (κ3) is 4.63. The molecule has 0 spiro atoms. The number of pyridine rings is 1. The molecule has 0 amide bonds. The normalized spacial score (nSPS) is 13.5. The second kappa shape index (κ2) is 9.64. The highest BCUT2D eigenvalue weighted by Crippen LogP contribution is 2.34. The molecule has 3 aromatic carbocycles. The zero-order valence-corrected chi connectivity index (χ0v) is 20.7. The molecule has 0 unspecified atom stereocenters.